The van der Waals surface area contributed by atoms with Gasteiger partial charge in [0.1, 0.15) is 5.75 Å². The Morgan fingerprint density at radius 2 is 1.92 bits per heavy atom. The van der Waals surface area contributed by atoms with Gasteiger partial charge >= 0.3 is 0 Å². The van der Waals surface area contributed by atoms with Gasteiger partial charge in [0.15, 0.2) is 0 Å². The number of nitriles is 1. The van der Waals surface area contributed by atoms with Gasteiger partial charge in [-0.1, -0.05) is 24.3 Å². The van der Waals surface area contributed by atoms with Gasteiger partial charge in [-0.15, -0.1) is 0 Å². The molecule has 25 heavy (non-hydrogen) atoms. The molecule has 4 nitrogen and oxygen atoms in total. The van der Waals surface area contributed by atoms with Crippen LogP contribution in [-0.2, 0) is 11.2 Å². The fraction of sp³-hybridized carbons (Fsp3) is 0.333. The maximum Gasteiger partial charge on any atom is 0.223 e. The van der Waals surface area contributed by atoms with Gasteiger partial charge < -0.3 is 9.64 Å². The summed E-state index contributed by atoms with van der Waals surface area (Å²) >= 11 is 0. The number of rotatable bonds is 5. The van der Waals surface area contributed by atoms with E-state index in [0.717, 1.165) is 30.7 Å². The van der Waals surface area contributed by atoms with Crippen molar-refractivity contribution >= 4 is 5.91 Å². The Hall–Kier alpha value is -2.80. The first kappa shape index (κ1) is 17.0. The van der Waals surface area contributed by atoms with E-state index in [0.29, 0.717) is 18.4 Å². The van der Waals surface area contributed by atoms with Gasteiger partial charge in [0.25, 0.3) is 0 Å². The van der Waals surface area contributed by atoms with E-state index in [9.17, 15) is 4.79 Å². The number of nitrogens with zero attached hydrogens (tertiary/aromatic N) is 2. The highest BCUT2D eigenvalue weighted by Gasteiger charge is 2.29. The van der Waals surface area contributed by atoms with Crippen LogP contribution < -0.4 is 4.74 Å². The lowest BCUT2D eigenvalue weighted by Gasteiger charge is -2.25. The molecule has 0 radical (unpaired) electrons. The zero-order valence-corrected chi connectivity index (χ0v) is 14.4. The van der Waals surface area contributed by atoms with Crippen molar-refractivity contribution in [2.75, 3.05) is 13.7 Å². The maximum absolute atomic E-state index is 12.7. The van der Waals surface area contributed by atoms with Crippen molar-refractivity contribution in [3.05, 3.63) is 65.2 Å². The molecule has 4 heteroatoms. The number of hydrogen-bond acceptors (Lipinski definition) is 3. The van der Waals surface area contributed by atoms with Crippen LogP contribution in [-0.4, -0.2) is 24.5 Å². The van der Waals surface area contributed by atoms with Crippen LogP contribution in [0.2, 0.25) is 0 Å². The number of carbonyl (C=O) groups is 1. The molecule has 2 aromatic rings. The Kier molecular flexibility index (Phi) is 5.35. The summed E-state index contributed by atoms with van der Waals surface area (Å²) in [5.74, 6) is 1.03. The minimum Gasteiger partial charge on any atom is -0.497 e. The molecule has 1 atom stereocenters. The number of hydrogen-bond donors (Lipinski definition) is 0. The molecule has 0 unspecified atom stereocenters. The van der Waals surface area contributed by atoms with Gasteiger partial charge in [-0.3, -0.25) is 4.79 Å². The summed E-state index contributed by atoms with van der Waals surface area (Å²) in [6.07, 6.45) is 3.25. The van der Waals surface area contributed by atoms with Crippen LogP contribution >= 0.6 is 0 Å². The molecule has 0 aliphatic carbocycles. The molecule has 1 amide bonds. The smallest absolute Gasteiger partial charge is 0.223 e. The normalized spacial score (nSPS) is 16.5. The highest BCUT2D eigenvalue weighted by Crippen LogP contribution is 2.33. The first-order valence-electron chi connectivity index (χ1n) is 8.63. The van der Waals surface area contributed by atoms with Crippen molar-refractivity contribution in [1.29, 1.82) is 5.26 Å². The predicted molar refractivity (Wildman–Crippen MR) is 96.2 cm³/mol. The van der Waals surface area contributed by atoms with Crippen LogP contribution in [0.1, 0.15) is 42.0 Å². The third-order valence-electron chi connectivity index (χ3n) is 4.78. The minimum absolute atomic E-state index is 0.166. The molecule has 1 saturated heterocycles. The summed E-state index contributed by atoms with van der Waals surface area (Å²) in [5, 5.41) is 8.84. The van der Waals surface area contributed by atoms with Crippen molar-refractivity contribution < 1.29 is 9.53 Å². The van der Waals surface area contributed by atoms with Crippen molar-refractivity contribution in [3.63, 3.8) is 0 Å². The fourth-order valence-electron chi connectivity index (χ4n) is 3.38. The van der Waals surface area contributed by atoms with E-state index >= 15 is 0 Å². The quantitative estimate of drug-likeness (QED) is 0.834. The zero-order valence-electron chi connectivity index (χ0n) is 14.4. The molecule has 1 aliphatic heterocycles. The minimum atomic E-state index is 0.166. The largest absolute Gasteiger partial charge is 0.497 e. The molecular formula is C21H22N2O2. The SMILES string of the molecule is COc1ccc([C@@H]2CCCN2C(=O)CCc2ccc(C#N)cc2)cc1. The average molecular weight is 334 g/mol. The monoisotopic (exact) mass is 334 g/mol. The van der Waals surface area contributed by atoms with Crippen molar-refractivity contribution in [2.45, 2.75) is 31.7 Å². The highest BCUT2D eigenvalue weighted by atomic mass is 16.5. The number of amides is 1. The lowest BCUT2D eigenvalue weighted by Crippen LogP contribution is -2.30. The molecule has 1 aliphatic rings. The van der Waals surface area contributed by atoms with Crippen LogP contribution in [0, 0.1) is 11.3 Å². The lowest BCUT2D eigenvalue weighted by atomic mass is 10.0. The molecule has 3 rings (SSSR count). The Morgan fingerprint density at radius 1 is 1.20 bits per heavy atom. The molecule has 0 N–H and O–H groups in total. The Labute approximate surface area is 148 Å². The summed E-state index contributed by atoms with van der Waals surface area (Å²) in [4.78, 5) is 14.7. The second kappa shape index (κ2) is 7.85. The van der Waals surface area contributed by atoms with Gasteiger partial charge in [0.05, 0.1) is 24.8 Å². The Bertz CT molecular complexity index is 760. The van der Waals surface area contributed by atoms with Crippen LogP contribution in [0.3, 0.4) is 0 Å². The van der Waals surface area contributed by atoms with Crippen LogP contribution in [0.5, 0.6) is 5.75 Å². The number of benzene rings is 2. The lowest BCUT2D eigenvalue weighted by molar-refractivity contribution is -0.132. The first-order chi connectivity index (χ1) is 12.2. The number of aryl methyl sites for hydroxylation is 1. The van der Waals surface area contributed by atoms with Crippen molar-refractivity contribution in [2.24, 2.45) is 0 Å². The molecule has 1 fully saturated rings. The molecule has 0 aromatic heterocycles. The maximum atomic E-state index is 12.7. The van der Waals surface area contributed by atoms with Gasteiger partial charge in [0.2, 0.25) is 5.91 Å². The van der Waals surface area contributed by atoms with Gasteiger partial charge in [-0.2, -0.15) is 5.26 Å². The summed E-state index contributed by atoms with van der Waals surface area (Å²) in [5.41, 5.74) is 2.91. The average Bonchev–Trinajstić information content (AvgIpc) is 3.16. The van der Waals surface area contributed by atoms with Gasteiger partial charge in [-0.25, -0.2) is 0 Å². The fourth-order valence-corrected chi connectivity index (χ4v) is 3.38. The molecule has 128 valence electrons. The van der Waals surface area contributed by atoms with Crippen molar-refractivity contribution in [3.8, 4) is 11.8 Å². The van der Waals surface area contributed by atoms with E-state index in [-0.39, 0.29) is 11.9 Å². The number of carbonyl (C=O) groups excluding carboxylic acids is 1. The number of ether oxygens (including phenoxy) is 1. The molecular weight excluding hydrogens is 312 g/mol. The topological polar surface area (TPSA) is 53.3 Å². The Balaban J connectivity index is 1.62. The summed E-state index contributed by atoms with van der Waals surface area (Å²) in [6, 6.07) is 17.7. The standard InChI is InChI=1S/C21H22N2O2/c1-25-19-11-9-18(10-12-19)20-3-2-14-23(20)21(24)13-8-16-4-6-17(15-22)7-5-16/h4-7,9-12,20H,2-3,8,13-14H2,1H3/t20-/m0/s1. The third-order valence-corrected chi connectivity index (χ3v) is 4.78. The van der Waals surface area contributed by atoms with Crippen molar-refractivity contribution in [1.82, 2.24) is 4.90 Å². The predicted octanol–water partition coefficient (Wildman–Crippen LogP) is 3.86. The Morgan fingerprint density at radius 3 is 2.56 bits per heavy atom. The van der Waals surface area contributed by atoms with E-state index < -0.39 is 0 Å². The van der Waals surface area contributed by atoms with Gasteiger partial charge in [-0.05, 0) is 54.7 Å². The highest BCUT2D eigenvalue weighted by molar-refractivity contribution is 5.77. The zero-order chi connectivity index (χ0) is 17.6. The van der Waals surface area contributed by atoms with E-state index in [1.54, 1.807) is 19.2 Å². The number of methoxy groups -OCH3 is 1. The molecule has 0 spiro atoms. The molecule has 0 saturated carbocycles. The van der Waals surface area contributed by atoms with E-state index in [2.05, 4.69) is 18.2 Å². The van der Waals surface area contributed by atoms with Crippen LogP contribution in [0.25, 0.3) is 0 Å². The molecule has 1 heterocycles. The third kappa shape index (κ3) is 4.00. The summed E-state index contributed by atoms with van der Waals surface area (Å²) < 4.78 is 5.21. The second-order valence-electron chi connectivity index (χ2n) is 6.33. The van der Waals surface area contributed by atoms with Crippen LogP contribution in [0.4, 0.5) is 0 Å². The van der Waals surface area contributed by atoms with E-state index in [1.165, 1.54) is 5.56 Å². The second-order valence-corrected chi connectivity index (χ2v) is 6.33. The van der Waals surface area contributed by atoms with E-state index in [1.807, 2.05) is 29.2 Å². The van der Waals surface area contributed by atoms with E-state index in [4.69, 9.17) is 10.00 Å². The summed E-state index contributed by atoms with van der Waals surface area (Å²) in [7, 11) is 1.66. The summed E-state index contributed by atoms with van der Waals surface area (Å²) in [6.45, 7) is 0.822. The van der Waals surface area contributed by atoms with Crippen LogP contribution in [0.15, 0.2) is 48.5 Å². The molecule has 0 bridgehead atoms. The number of likely N-dealkylation sites (tertiary alicyclic amines) is 1. The van der Waals surface area contributed by atoms with Gasteiger partial charge in [0, 0.05) is 13.0 Å². The first-order valence-corrected chi connectivity index (χ1v) is 8.63. The molecule has 2 aromatic carbocycles.